The van der Waals surface area contributed by atoms with E-state index in [4.69, 9.17) is 14.2 Å². The Balaban J connectivity index is 1.95. The number of esters is 1. The Morgan fingerprint density at radius 1 is 1.21 bits per heavy atom. The van der Waals surface area contributed by atoms with Gasteiger partial charge in [0, 0.05) is 44.0 Å². The zero-order valence-electron chi connectivity index (χ0n) is 17.3. The van der Waals surface area contributed by atoms with Crippen molar-refractivity contribution in [1.82, 2.24) is 0 Å². The maximum Gasteiger partial charge on any atom is 0.365 e. The summed E-state index contributed by atoms with van der Waals surface area (Å²) >= 11 is 0. The highest BCUT2D eigenvalue weighted by Gasteiger charge is 2.25. The molecule has 1 aromatic heterocycles. The number of pyridine rings is 1. The molecule has 0 spiro atoms. The Labute approximate surface area is 170 Å². The van der Waals surface area contributed by atoms with E-state index in [2.05, 4.69) is 10.0 Å². The summed E-state index contributed by atoms with van der Waals surface area (Å²) in [4.78, 5) is 14.7. The van der Waals surface area contributed by atoms with E-state index in [0.717, 1.165) is 24.5 Å². The van der Waals surface area contributed by atoms with Gasteiger partial charge in [-0.15, -0.1) is 0 Å². The summed E-state index contributed by atoms with van der Waals surface area (Å²) in [6.45, 7) is 3.11. The number of aryl methyl sites for hydroxylation is 1. The number of carbonyl (C=O) groups excluding carboxylic acids is 1. The van der Waals surface area contributed by atoms with Crippen LogP contribution in [0.1, 0.15) is 5.69 Å². The maximum atomic E-state index is 12.4. The molecule has 1 aliphatic heterocycles. The van der Waals surface area contributed by atoms with Gasteiger partial charge in [-0.25, -0.2) is 4.79 Å². The molecule has 1 aliphatic rings. The minimum Gasteiger partial charge on any atom is -0.494 e. The van der Waals surface area contributed by atoms with Crippen LogP contribution >= 0.6 is 0 Å². The molecule has 0 radical (unpaired) electrons. The van der Waals surface area contributed by atoms with Gasteiger partial charge in [0.25, 0.3) is 0 Å². The number of carbonyl (C=O) groups is 1. The zero-order chi connectivity index (χ0) is 20.8. The second kappa shape index (κ2) is 9.38. The molecule has 1 aromatic carbocycles. The summed E-state index contributed by atoms with van der Waals surface area (Å²) in [7, 11) is 6.60. The molecule has 154 valence electrons. The Morgan fingerprint density at radius 3 is 2.62 bits per heavy atom. The first-order valence-corrected chi connectivity index (χ1v) is 9.41. The van der Waals surface area contributed by atoms with Gasteiger partial charge < -0.3 is 19.1 Å². The van der Waals surface area contributed by atoms with Crippen molar-refractivity contribution in [2.75, 3.05) is 57.5 Å². The van der Waals surface area contributed by atoms with Gasteiger partial charge in [-0.05, 0) is 18.2 Å². The normalized spacial score (nSPS) is 14.5. The van der Waals surface area contributed by atoms with Crippen molar-refractivity contribution in [3.63, 3.8) is 0 Å². The van der Waals surface area contributed by atoms with E-state index in [1.54, 1.807) is 19.2 Å². The molecule has 0 aliphatic carbocycles. The van der Waals surface area contributed by atoms with Crippen LogP contribution < -0.4 is 19.2 Å². The van der Waals surface area contributed by atoms with Gasteiger partial charge in [-0.1, -0.05) is 0 Å². The van der Waals surface area contributed by atoms with E-state index in [0.29, 0.717) is 24.7 Å². The van der Waals surface area contributed by atoms with Crippen molar-refractivity contribution in [2.24, 2.45) is 12.1 Å². The molecule has 0 N–H and O–H groups in total. The predicted molar refractivity (Wildman–Crippen MR) is 111 cm³/mol. The minimum absolute atomic E-state index is 0.206. The molecular weight excluding hydrogens is 372 g/mol. The Kier molecular flexibility index (Phi) is 6.66. The number of nitrogens with zero attached hydrogens (tertiary/aromatic N) is 4. The van der Waals surface area contributed by atoms with Gasteiger partial charge in [-0.2, -0.15) is 9.67 Å². The standard InChI is InChI=1S/C21H27N4O4/c1-23-10-6-5-7-18(23)20(21(26)28-4)22-24(2)17-9-8-16(15-19(17)27-3)25-11-13-29-14-12-25/h5-10,15H,11-14H2,1-4H3/q+1. The van der Waals surface area contributed by atoms with Crippen molar-refractivity contribution in [3.8, 4) is 5.75 Å². The van der Waals surface area contributed by atoms with E-state index in [-0.39, 0.29) is 5.71 Å². The number of rotatable bonds is 6. The smallest absolute Gasteiger partial charge is 0.365 e. The van der Waals surface area contributed by atoms with E-state index in [1.807, 2.05) is 54.2 Å². The van der Waals surface area contributed by atoms with E-state index >= 15 is 0 Å². The van der Waals surface area contributed by atoms with Crippen molar-refractivity contribution >= 4 is 23.1 Å². The lowest BCUT2D eigenvalue weighted by Gasteiger charge is -2.29. The summed E-state index contributed by atoms with van der Waals surface area (Å²) in [5, 5.41) is 6.17. The number of anilines is 2. The second-order valence-electron chi connectivity index (χ2n) is 6.62. The topological polar surface area (TPSA) is 67.5 Å². The van der Waals surface area contributed by atoms with Crippen LogP contribution in [0.5, 0.6) is 5.75 Å². The molecule has 0 unspecified atom stereocenters. The summed E-state index contributed by atoms with van der Waals surface area (Å²) in [5.41, 5.74) is 2.66. The highest BCUT2D eigenvalue weighted by molar-refractivity contribution is 6.42. The number of hydrogen-bond donors (Lipinski definition) is 0. The van der Waals surface area contributed by atoms with Gasteiger partial charge >= 0.3 is 5.97 Å². The number of methoxy groups -OCH3 is 2. The van der Waals surface area contributed by atoms with Crippen molar-refractivity contribution < 1.29 is 23.6 Å². The molecule has 8 nitrogen and oxygen atoms in total. The number of hydrogen-bond acceptors (Lipinski definition) is 7. The van der Waals surface area contributed by atoms with Crippen LogP contribution in [0.15, 0.2) is 47.7 Å². The third kappa shape index (κ3) is 4.65. The Hall–Kier alpha value is -3.13. The lowest BCUT2D eigenvalue weighted by Crippen LogP contribution is -2.39. The third-order valence-electron chi connectivity index (χ3n) is 4.81. The fourth-order valence-electron chi connectivity index (χ4n) is 3.22. The van der Waals surface area contributed by atoms with E-state index in [1.165, 1.54) is 7.11 Å². The van der Waals surface area contributed by atoms with Gasteiger partial charge in [-0.3, -0.25) is 5.01 Å². The van der Waals surface area contributed by atoms with E-state index < -0.39 is 5.97 Å². The Morgan fingerprint density at radius 2 is 1.97 bits per heavy atom. The molecule has 2 aromatic rings. The maximum absolute atomic E-state index is 12.4. The first-order valence-electron chi connectivity index (χ1n) is 9.41. The van der Waals surface area contributed by atoms with Crippen LogP contribution in [0.25, 0.3) is 0 Å². The summed E-state index contributed by atoms with van der Waals surface area (Å²) in [6.07, 6.45) is 1.85. The van der Waals surface area contributed by atoms with Gasteiger partial charge in [0.15, 0.2) is 6.20 Å². The molecule has 1 saturated heterocycles. The lowest BCUT2D eigenvalue weighted by molar-refractivity contribution is -0.672. The number of benzene rings is 1. The largest absolute Gasteiger partial charge is 0.494 e. The molecule has 0 saturated carbocycles. The number of aromatic nitrogens is 1. The molecule has 0 amide bonds. The Bertz CT molecular complexity index is 894. The van der Waals surface area contributed by atoms with Crippen LogP contribution in [-0.2, 0) is 21.3 Å². The van der Waals surface area contributed by atoms with Crippen molar-refractivity contribution in [2.45, 2.75) is 0 Å². The van der Waals surface area contributed by atoms with E-state index in [9.17, 15) is 4.79 Å². The zero-order valence-corrected chi connectivity index (χ0v) is 17.3. The van der Waals surface area contributed by atoms with Crippen molar-refractivity contribution in [3.05, 3.63) is 48.3 Å². The quantitative estimate of drug-likeness (QED) is 0.316. The van der Waals surface area contributed by atoms with Gasteiger partial charge in [0.2, 0.25) is 11.4 Å². The average Bonchev–Trinajstić information content (AvgIpc) is 2.77. The molecule has 8 heteroatoms. The third-order valence-corrected chi connectivity index (χ3v) is 4.81. The van der Waals surface area contributed by atoms with Crippen LogP contribution in [0.2, 0.25) is 0 Å². The molecule has 0 atom stereocenters. The first kappa shape index (κ1) is 20.6. The van der Waals surface area contributed by atoms with Crippen LogP contribution in [0.4, 0.5) is 11.4 Å². The molecule has 2 heterocycles. The highest BCUT2D eigenvalue weighted by Crippen LogP contribution is 2.32. The van der Waals surface area contributed by atoms with Gasteiger partial charge in [0.05, 0.1) is 27.4 Å². The summed E-state index contributed by atoms with van der Waals surface area (Å²) in [5.74, 6) is 0.157. The predicted octanol–water partition coefficient (Wildman–Crippen LogP) is 1.37. The minimum atomic E-state index is -0.512. The highest BCUT2D eigenvalue weighted by atomic mass is 16.5. The molecular formula is C21H27N4O4+. The number of hydrazone groups is 1. The fraction of sp³-hybridized carbons (Fsp3) is 0.381. The molecule has 3 rings (SSSR count). The summed E-state index contributed by atoms with van der Waals surface area (Å²) in [6, 6.07) is 11.5. The van der Waals surface area contributed by atoms with Crippen LogP contribution in [0.3, 0.4) is 0 Å². The summed E-state index contributed by atoms with van der Waals surface area (Å²) < 4.78 is 17.8. The monoisotopic (exact) mass is 399 g/mol. The van der Waals surface area contributed by atoms with Crippen LogP contribution in [-0.4, -0.2) is 59.3 Å². The molecule has 1 fully saturated rings. The van der Waals surface area contributed by atoms with Crippen molar-refractivity contribution in [1.29, 1.82) is 0 Å². The van der Waals surface area contributed by atoms with Crippen LogP contribution in [0, 0.1) is 0 Å². The fourth-order valence-corrected chi connectivity index (χ4v) is 3.22. The first-order chi connectivity index (χ1) is 14.0. The number of ether oxygens (including phenoxy) is 3. The number of morpholine rings is 1. The molecule has 29 heavy (non-hydrogen) atoms. The SMILES string of the molecule is COC(=O)/C(=N\N(C)c1ccc(N2CCOCC2)cc1OC)c1cccc[n+]1C. The second-order valence-corrected chi connectivity index (χ2v) is 6.62. The lowest BCUT2D eigenvalue weighted by atomic mass is 10.2. The average molecular weight is 399 g/mol. The van der Waals surface area contributed by atoms with Gasteiger partial charge in [0.1, 0.15) is 18.5 Å². The molecule has 0 bridgehead atoms.